The molecule has 0 radical (unpaired) electrons. The molecule has 2 aromatic rings. The fraction of sp³-hybridized carbons (Fsp3) is 0.353. The zero-order valence-electron chi connectivity index (χ0n) is 15.4. The predicted molar refractivity (Wildman–Crippen MR) is 93.4 cm³/mol. The number of benzene rings is 1. The van der Waals surface area contributed by atoms with Crippen molar-refractivity contribution in [2.45, 2.75) is 20.4 Å². The first-order chi connectivity index (χ1) is 12.4. The number of aryl methyl sites for hydroxylation is 2. The standard InChI is InChI=1S/C17H22N4O5/c1-10-8-11(2)21(20-10)9-14(22)18-19-17(23)12-6-7-13(24-3)16(26-5)15(12)25-4/h6-8H,9H2,1-5H3,(H,18,22)(H,19,23). The van der Waals surface area contributed by atoms with E-state index in [9.17, 15) is 9.59 Å². The lowest BCUT2D eigenvalue weighted by molar-refractivity contribution is -0.122. The molecule has 2 N–H and O–H groups in total. The van der Waals surface area contributed by atoms with Crippen LogP contribution in [0.3, 0.4) is 0 Å². The summed E-state index contributed by atoms with van der Waals surface area (Å²) in [5, 5.41) is 4.20. The summed E-state index contributed by atoms with van der Waals surface area (Å²) in [7, 11) is 4.34. The highest BCUT2D eigenvalue weighted by molar-refractivity contribution is 5.99. The van der Waals surface area contributed by atoms with Gasteiger partial charge in [0.05, 0.1) is 32.6 Å². The zero-order chi connectivity index (χ0) is 19.3. The summed E-state index contributed by atoms with van der Waals surface area (Å²) in [4.78, 5) is 24.4. The predicted octanol–water partition coefficient (Wildman–Crippen LogP) is 0.987. The van der Waals surface area contributed by atoms with Crippen LogP contribution >= 0.6 is 0 Å². The van der Waals surface area contributed by atoms with E-state index in [4.69, 9.17) is 14.2 Å². The smallest absolute Gasteiger partial charge is 0.273 e. The minimum atomic E-state index is -0.551. The monoisotopic (exact) mass is 362 g/mol. The third-order valence-electron chi connectivity index (χ3n) is 3.66. The van der Waals surface area contributed by atoms with Gasteiger partial charge < -0.3 is 14.2 Å². The summed E-state index contributed by atoms with van der Waals surface area (Å²) in [6.07, 6.45) is 0. The molecule has 0 bridgehead atoms. The van der Waals surface area contributed by atoms with Crippen molar-refractivity contribution in [3.63, 3.8) is 0 Å². The molecule has 1 heterocycles. The van der Waals surface area contributed by atoms with Crippen LogP contribution in [0, 0.1) is 13.8 Å². The molecule has 2 rings (SSSR count). The number of carbonyl (C=O) groups is 2. The molecule has 140 valence electrons. The first-order valence-electron chi connectivity index (χ1n) is 7.80. The van der Waals surface area contributed by atoms with E-state index in [1.54, 1.807) is 10.7 Å². The van der Waals surface area contributed by atoms with E-state index in [1.807, 2.05) is 19.9 Å². The van der Waals surface area contributed by atoms with Crippen LogP contribution < -0.4 is 25.1 Å². The molecule has 0 aliphatic heterocycles. The summed E-state index contributed by atoms with van der Waals surface area (Å²) in [6, 6.07) is 4.96. The Hall–Kier alpha value is -3.23. The van der Waals surface area contributed by atoms with Crippen LogP contribution in [0.2, 0.25) is 0 Å². The Morgan fingerprint density at radius 1 is 1.04 bits per heavy atom. The Morgan fingerprint density at radius 2 is 1.73 bits per heavy atom. The van der Waals surface area contributed by atoms with Crippen LogP contribution in [0.4, 0.5) is 0 Å². The third kappa shape index (κ3) is 4.05. The van der Waals surface area contributed by atoms with E-state index in [0.29, 0.717) is 5.75 Å². The van der Waals surface area contributed by atoms with Gasteiger partial charge in [0.1, 0.15) is 6.54 Å². The van der Waals surface area contributed by atoms with Crippen molar-refractivity contribution in [1.82, 2.24) is 20.6 Å². The maximum atomic E-state index is 12.4. The molecule has 0 fully saturated rings. The van der Waals surface area contributed by atoms with Crippen molar-refractivity contribution in [2.75, 3.05) is 21.3 Å². The molecule has 0 spiro atoms. The van der Waals surface area contributed by atoms with Gasteiger partial charge in [0.2, 0.25) is 5.75 Å². The second kappa shape index (κ2) is 8.24. The molecule has 2 amide bonds. The number of hydrogen-bond donors (Lipinski definition) is 2. The Labute approximate surface area is 151 Å². The van der Waals surface area contributed by atoms with Gasteiger partial charge in [0.25, 0.3) is 11.8 Å². The zero-order valence-corrected chi connectivity index (χ0v) is 15.4. The largest absolute Gasteiger partial charge is 0.493 e. The van der Waals surface area contributed by atoms with Crippen LogP contribution in [0.5, 0.6) is 17.2 Å². The fourth-order valence-electron chi connectivity index (χ4n) is 2.48. The summed E-state index contributed by atoms with van der Waals surface area (Å²) < 4.78 is 17.2. The number of methoxy groups -OCH3 is 3. The second-order valence-corrected chi connectivity index (χ2v) is 5.47. The Balaban J connectivity index is 2.08. The van der Waals surface area contributed by atoms with Gasteiger partial charge in [-0.2, -0.15) is 5.10 Å². The SMILES string of the molecule is COc1ccc(C(=O)NNC(=O)Cn2nc(C)cc2C)c(OC)c1OC. The third-order valence-corrected chi connectivity index (χ3v) is 3.66. The molecule has 9 nitrogen and oxygen atoms in total. The number of nitrogens with zero attached hydrogens (tertiary/aromatic N) is 2. The summed E-state index contributed by atoms with van der Waals surface area (Å²) in [6.45, 7) is 3.68. The average molecular weight is 362 g/mol. The minimum Gasteiger partial charge on any atom is -0.493 e. The lowest BCUT2D eigenvalue weighted by atomic mass is 10.1. The van der Waals surface area contributed by atoms with Gasteiger partial charge in [-0.1, -0.05) is 0 Å². The van der Waals surface area contributed by atoms with Crippen LogP contribution in [0.15, 0.2) is 18.2 Å². The fourth-order valence-corrected chi connectivity index (χ4v) is 2.48. The number of hydrazine groups is 1. The molecule has 0 aliphatic rings. The number of amides is 2. The van der Waals surface area contributed by atoms with Gasteiger partial charge in [-0.15, -0.1) is 0 Å². The number of hydrogen-bond acceptors (Lipinski definition) is 6. The molecule has 9 heteroatoms. The van der Waals surface area contributed by atoms with Crippen molar-refractivity contribution in [1.29, 1.82) is 0 Å². The van der Waals surface area contributed by atoms with Gasteiger partial charge in [-0.25, -0.2) is 0 Å². The first kappa shape index (κ1) is 19.1. The normalized spacial score (nSPS) is 10.2. The van der Waals surface area contributed by atoms with Crippen molar-refractivity contribution in [3.05, 3.63) is 35.2 Å². The molecule has 0 atom stereocenters. The highest BCUT2D eigenvalue weighted by Crippen LogP contribution is 2.39. The first-order valence-corrected chi connectivity index (χ1v) is 7.80. The molecule has 0 aliphatic carbocycles. The van der Waals surface area contributed by atoms with Gasteiger partial charge in [0.15, 0.2) is 11.5 Å². The van der Waals surface area contributed by atoms with E-state index in [-0.39, 0.29) is 23.6 Å². The number of nitrogens with one attached hydrogen (secondary N) is 2. The molecule has 1 aromatic heterocycles. The van der Waals surface area contributed by atoms with Crippen LogP contribution in [-0.4, -0.2) is 42.9 Å². The summed E-state index contributed by atoms with van der Waals surface area (Å²) >= 11 is 0. The number of ether oxygens (including phenoxy) is 3. The number of carbonyl (C=O) groups excluding carboxylic acids is 2. The minimum absolute atomic E-state index is 0.0109. The lowest BCUT2D eigenvalue weighted by Crippen LogP contribution is -2.43. The Kier molecular flexibility index (Phi) is 6.05. The molecule has 0 unspecified atom stereocenters. The molecule has 0 saturated heterocycles. The van der Waals surface area contributed by atoms with Crippen molar-refractivity contribution < 1.29 is 23.8 Å². The van der Waals surface area contributed by atoms with E-state index < -0.39 is 11.8 Å². The highest BCUT2D eigenvalue weighted by atomic mass is 16.5. The van der Waals surface area contributed by atoms with Gasteiger partial charge in [0, 0.05) is 5.69 Å². The van der Waals surface area contributed by atoms with Crippen LogP contribution in [0.25, 0.3) is 0 Å². The van der Waals surface area contributed by atoms with E-state index >= 15 is 0 Å². The van der Waals surface area contributed by atoms with Crippen molar-refractivity contribution in [3.8, 4) is 17.2 Å². The van der Waals surface area contributed by atoms with E-state index in [2.05, 4.69) is 16.0 Å². The quantitative estimate of drug-likeness (QED) is 0.743. The second-order valence-electron chi connectivity index (χ2n) is 5.47. The molecule has 26 heavy (non-hydrogen) atoms. The van der Waals surface area contributed by atoms with Crippen LogP contribution in [-0.2, 0) is 11.3 Å². The van der Waals surface area contributed by atoms with Gasteiger partial charge in [-0.05, 0) is 32.0 Å². The summed E-state index contributed by atoms with van der Waals surface area (Å²) in [5.74, 6) is -0.0447. The van der Waals surface area contributed by atoms with Crippen molar-refractivity contribution >= 4 is 11.8 Å². The van der Waals surface area contributed by atoms with E-state index in [0.717, 1.165) is 11.4 Å². The maximum Gasteiger partial charge on any atom is 0.273 e. The van der Waals surface area contributed by atoms with Gasteiger partial charge in [-0.3, -0.25) is 25.1 Å². The van der Waals surface area contributed by atoms with Crippen LogP contribution in [0.1, 0.15) is 21.7 Å². The summed E-state index contributed by atoms with van der Waals surface area (Å²) in [5.41, 5.74) is 6.57. The average Bonchev–Trinajstić information content (AvgIpc) is 2.94. The maximum absolute atomic E-state index is 12.4. The number of rotatable bonds is 6. The molecule has 0 saturated carbocycles. The number of aromatic nitrogens is 2. The Morgan fingerprint density at radius 3 is 2.27 bits per heavy atom. The molecular weight excluding hydrogens is 340 g/mol. The molecular formula is C17H22N4O5. The highest BCUT2D eigenvalue weighted by Gasteiger charge is 2.21. The topological polar surface area (TPSA) is 104 Å². The Bertz CT molecular complexity index is 816. The molecule has 1 aromatic carbocycles. The lowest BCUT2D eigenvalue weighted by Gasteiger charge is -2.15. The van der Waals surface area contributed by atoms with E-state index in [1.165, 1.54) is 27.4 Å². The van der Waals surface area contributed by atoms with Gasteiger partial charge >= 0.3 is 0 Å². The van der Waals surface area contributed by atoms with Crippen molar-refractivity contribution in [2.24, 2.45) is 0 Å².